The second-order valence-electron chi connectivity index (χ2n) is 4.95. The van der Waals surface area contributed by atoms with Gasteiger partial charge < -0.3 is 26.6 Å². The fraction of sp³-hybridized carbons (Fsp3) is 1.00. The minimum absolute atomic E-state index is 0. The van der Waals surface area contributed by atoms with Crippen molar-refractivity contribution < 1.29 is 26.6 Å². The van der Waals surface area contributed by atoms with Crippen LogP contribution in [0.3, 0.4) is 0 Å². The lowest BCUT2D eigenvalue weighted by molar-refractivity contribution is -0.946. The van der Waals surface area contributed by atoms with E-state index in [1.807, 2.05) is 0 Å². The molecule has 3 aliphatic rings. The average Bonchev–Trinajstić information content (AvgIpc) is 2.16. The standard InChI is InChI=1S/C11H22NO.BrH/c1-2-3-6-12-7-4-10(5-8-12)11(13)9-12;/h10-11,13H,2-9H2,1H3;1H/q+1;/p-1. The van der Waals surface area contributed by atoms with E-state index in [2.05, 4.69) is 6.92 Å². The fourth-order valence-corrected chi connectivity index (χ4v) is 3.06. The Bertz CT molecular complexity index is 178. The van der Waals surface area contributed by atoms with Gasteiger partial charge in [0.2, 0.25) is 0 Å². The van der Waals surface area contributed by atoms with Crippen LogP contribution in [-0.4, -0.2) is 41.9 Å². The quantitative estimate of drug-likeness (QED) is 0.608. The monoisotopic (exact) mass is 263 g/mol. The maximum absolute atomic E-state index is 9.85. The average molecular weight is 264 g/mol. The summed E-state index contributed by atoms with van der Waals surface area (Å²) in [5.41, 5.74) is 0. The molecule has 0 amide bonds. The van der Waals surface area contributed by atoms with E-state index in [4.69, 9.17) is 0 Å². The molecule has 0 saturated carbocycles. The van der Waals surface area contributed by atoms with Gasteiger partial charge in [-0.3, -0.25) is 0 Å². The molecule has 14 heavy (non-hydrogen) atoms. The fourth-order valence-electron chi connectivity index (χ4n) is 3.06. The molecule has 0 aliphatic carbocycles. The molecule has 0 spiro atoms. The van der Waals surface area contributed by atoms with Crippen molar-refractivity contribution in [1.82, 2.24) is 0 Å². The third-order valence-corrected chi connectivity index (χ3v) is 4.05. The first-order chi connectivity index (χ1) is 6.26. The summed E-state index contributed by atoms with van der Waals surface area (Å²) in [4.78, 5) is 0. The van der Waals surface area contributed by atoms with Crippen LogP contribution in [0.1, 0.15) is 32.6 Å². The van der Waals surface area contributed by atoms with Gasteiger partial charge in [0, 0.05) is 18.8 Å². The number of quaternary nitrogens is 1. The molecule has 1 unspecified atom stereocenters. The predicted molar refractivity (Wildman–Crippen MR) is 53.4 cm³/mol. The van der Waals surface area contributed by atoms with Crippen molar-refractivity contribution in [1.29, 1.82) is 0 Å². The molecule has 84 valence electrons. The summed E-state index contributed by atoms with van der Waals surface area (Å²) >= 11 is 0. The number of rotatable bonds is 3. The van der Waals surface area contributed by atoms with E-state index in [0.29, 0.717) is 5.92 Å². The molecule has 0 radical (unpaired) electrons. The molecular weight excluding hydrogens is 242 g/mol. The van der Waals surface area contributed by atoms with Gasteiger partial charge in [-0.25, -0.2) is 0 Å². The van der Waals surface area contributed by atoms with Crippen LogP contribution in [0.5, 0.6) is 0 Å². The number of unbranched alkanes of at least 4 members (excludes halogenated alkanes) is 1. The Labute approximate surface area is 97.7 Å². The lowest BCUT2D eigenvalue weighted by atomic mass is 9.83. The number of piperidine rings is 3. The molecule has 0 aromatic heterocycles. The van der Waals surface area contributed by atoms with E-state index < -0.39 is 0 Å². The van der Waals surface area contributed by atoms with Crippen LogP contribution in [0.25, 0.3) is 0 Å². The van der Waals surface area contributed by atoms with Gasteiger partial charge >= 0.3 is 0 Å². The van der Waals surface area contributed by atoms with E-state index in [-0.39, 0.29) is 23.1 Å². The molecule has 2 bridgehead atoms. The summed E-state index contributed by atoms with van der Waals surface area (Å²) in [5.74, 6) is 0.640. The molecule has 0 aromatic carbocycles. The third kappa shape index (κ3) is 2.31. The number of halogens is 1. The van der Waals surface area contributed by atoms with Crippen molar-refractivity contribution in [2.75, 3.05) is 26.2 Å². The van der Waals surface area contributed by atoms with E-state index in [1.165, 1.54) is 49.8 Å². The number of nitrogens with zero attached hydrogens (tertiary/aromatic N) is 1. The minimum atomic E-state index is 0. The molecule has 3 heterocycles. The summed E-state index contributed by atoms with van der Waals surface area (Å²) in [6.45, 7) is 7.28. The SMILES string of the molecule is CCCC[N+]12CCC(CC1)C(O)C2.[Br-]. The van der Waals surface area contributed by atoms with Crippen molar-refractivity contribution in [3.05, 3.63) is 0 Å². The van der Waals surface area contributed by atoms with E-state index in [1.54, 1.807) is 0 Å². The second-order valence-corrected chi connectivity index (χ2v) is 4.95. The maximum Gasteiger partial charge on any atom is 0.106 e. The molecule has 1 N–H and O–H groups in total. The first-order valence-electron chi connectivity index (χ1n) is 5.79. The Morgan fingerprint density at radius 3 is 2.43 bits per heavy atom. The Hall–Kier alpha value is 0.400. The molecule has 2 nitrogen and oxygen atoms in total. The van der Waals surface area contributed by atoms with Crippen LogP contribution in [0.4, 0.5) is 0 Å². The first kappa shape index (κ1) is 12.5. The van der Waals surface area contributed by atoms with Gasteiger partial charge in [-0.05, 0) is 6.42 Å². The summed E-state index contributed by atoms with van der Waals surface area (Å²) in [5, 5.41) is 9.85. The van der Waals surface area contributed by atoms with Gasteiger partial charge in [0.05, 0.1) is 19.6 Å². The van der Waals surface area contributed by atoms with Crippen LogP contribution in [0.15, 0.2) is 0 Å². The lowest BCUT2D eigenvalue weighted by Gasteiger charge is -2.51. The first-order valence-corrected chi connectivity index (χ1v) is 5.79. The van der Waals surface area contributed by atoms with Crippen molar-refractivity contribution >= 4 is 0 Å². The Morgan fingerprint density at radius 1 is 1.29 bits per heavy atom. The van der Waals surface area contributed by atoms with Gasteiger partial charge in [-0.2, -0.15) is 0 Å². The molecule has 3 fully saturated rings. The number of aliphatic hydroxyl groups is 1. The number of fused-ring (bicyclic) bond motifs is 3. The zero-order valence-corrected chi connectivity index (χ0v) is 10.7. The smallest absolute Gasteiger partial charge is 0.106 e. The number of hydrogen-bond donors (Lipinski definition) is 1. The van der Waals surface area contributed by atoms with Crippen LogP contribution in [0.2, 0.25) is 0 Å². The Morgan fingerprint density at radius 2 is 1.93 bits per heavy atom. The molecular formula is C11H22BrNO. The Kier molecular flexibility index (Phi) is 4.41. The second kappa shape index (κ2) is 4.95. The van der Waals surface area contributed by atoms with E-state index >= 15 is 0 Å². The van der Waals surface area contributed by atoms with Gasteiger partial charge in [-0.1, -0.05) is 13.3 Å². The predicted octanol–water partition coefficient (Wildman–Crippen LogP) is -1.61. The molecule has 3 rings (SSSR count). The van der Waals surface area contributed by atoms with Crippen LogP contribution >= 0.6 is 0 Å². The molecule has 3 aliphatic heterocycles. The van der Waals surface area contributed by atoms with Crippen LogP contribution < -0.4 is 17.0 Å². The third-order valence-electron chi connectivity index (χ3n) is 4.05. The molecule has 3 heteroatoms. The Balaban J connectivity index is 0.000000980. The highest BCUT2D eigenvalue weighted by atomic mass is 79.9. The van der Waals surface area contributed by atoms with E-state index in [9.17, 15) is 5.11 Å². The van der Waals surface area contributed by atoms with Crippen LogP contribution in [-0.2, 0) is 0 Å². The van der Waals surface area contributed by atoms with Gasteiger partial charge in [0.15, 0.2) is 0 Å². The summed E-state index contributed by atoms with van der Waals surface area (Å²) < 4.78 is 1.23. The highest BCUT2D eigenvalue weighted by Crippen LogP contribution is 2.33. The largest absolute Gasteiger partial charge is 1.00 e. The summed E-state index contributed by atoms with van der Waals surface area (Å²) in [7, 11) is 0. The molecule has 0 aromatic rings. The van der Waals surface area contributed by atoms with Gasteiger partial charge in [-0.15, -0.1) is 0 Å². The van der Waals surface area contributed by atoms with E-state index in [0.717, 1.165) is 6.54 Å². The number of hydrogen-bond acceptors (Lipinski definition) is 1. The minimum Gasteiger partial charge on any atom is -1.00 e. The normalized spacial score (nSPS) is 40.7. The zero-order chi connectivity index (χ0) is 9.31. The van der Waals surface area contributed by atoms with Gasteiger partial charge in [0.25, 0.3) is 0 Å². The highest BCUT2D eigenvalue weighted by Gasteiger charge is 2.44. The van der Waals surface area contributed by atoms with Crippen molar-refractivity contribution in [3.63, 3.8) is 0 Å². The van der Waals surface area contributed by atoms with Crippen molar-refractivity contribution in [2.45, 2.75) is 38.7 Å². The number of aliphatic hydroxyl groups excluding tert-OH is 1. The molecule has 3 saturated heterocycles. The lowest BCUT2D eigenvalue weighted by Crippen LogP contribution is -3.00. The maximum atomic E-state index is 9.85. The summed E-state index contributed by atoms with van der Waals surface area (Å²) in [6.07, 6.45) is 5.17. The van der Waals surface area contributed by atoms with Crippen molar-refractivity contribution in [3.8, 4) is 0 Å². The van der Waals surface area contributed by atoms with Crippen LogP contribution in [0, 0.1) is 5.92 Å². The summed E-state index contributed by atoms with van der Waals surface area (Å²) in [6, 6.07) is 0. The topological polar surface area (TPSA) is 20.2 Å². The highest BCUT2D eigenvalue weighted by molar-refractivity contribution is 4.79. The van der Waals surface area contributed by atoms with Gasteiger partial charge in [0.1, 0.15) is 12.6 Å². The van der Waals surface area contributed by atoms with Crippen molar-refractivity contribution in [2.24, 2.45) is 5.92 Å². The molecule has 1 atom stereocenters. The zero-order valence-electron chi connectivity index (χ0n) is 9.08.